The van der Waals surface area contributed by atoms with Gasteiger partial charge >= 0.3 is 0 Å². The SMILES string of the molecule is Cc1ccc(C(=O)Nc2cccc(/C=C/c3nc4ccccc4o3)c2)cc1. The second kappa shape index (κ2) is 7.30. The predicted octanol–water partition coefficient (Wildman–Crippen LogP) is 5.56. The van der Waals surface area contributed by atoms with Crippen molar-refractivity contribution in [3.63, 3.8) is 0 Å². The number of aryl methyl sites for hydroxylation is 1. The number of nitrogens with one attached hydrogen (secondary N) is 1. The molecule has 0 fully saturated rings. The van der Waals surface area contributed by atoms with E-state index in [1.807, 2.05) is 91.9 Å². The summed E-state index contributed by atoms with van der Waals surface area (Å²) >= 11 is 0. The minimum absolute atomic E-state index is 0.130. The third kappa shape index (κ3) is 3.96. The molecule has 1 heterocycles. The van der Waals surface area contributed by atoms with E-state index < -0.39 is 0 Å². The van der Waals surface area contributed by atoms with Crippen molar-refractivity contribution in [1.82, 2.24) is 4.98 Å². The number of carbonyl (C=O) groups is 1. The molecule has 4 nitrogen and oxygen atoms in total. The highest BCUT2D eigenvalue weighted by molar-refractivity contribution is 6.04. The molecule has 27 heavy (non-hydrogen) atoms. The Morgan fingerprint density at radius 2 is 1.78 bits per heavy atom. The summed E-state index contributed by atoms with van der Waals surface area (Å²) < 4.78 is 5.68. The zero-order valence-corrected chi connectivity index (χ0v) is 14.8. The molecule has 0 saturated heterocycles. The molecular weight excluding hydrogens is 336 g/mol. The fraction of sp³-hybridized carbons (Fsp3) is 0.0435. The number of rotatable bonds is 4. The maximum Gasteiger partial charge on any atom is 0.255 e. The van der Waals surface area contributed by atoms with Gasteiger partial charge < -0.3 is 9.73 Å². The van der Waals surface area contributed by atoms with Gasteiger partial charge in [0.15, 0.2) is 5.58 Å². The van der Waals surface area contributed by atoms with Crippen LogP contribution in [0.25, 0.3) is 23.3 Å². The number of fused-ring (bicyclic) bond motifs is 1. The summed E-state index contributed by atoms with van der Waals surface area (Å²) in [5, 5.41) is 2.93. The van der Waals surface area contributed by atoms with Gasteiger partial charge in [-0.3, -0.25) is 4.79 Å². The lowest BCUT2D eigenvalue weighted by Gasteiger charge is -2.06. The van der Waals surface area contributed by atoms with Crippen LogP contribution in [0, 0.1) is 6.92 Å². The van der Waals surface area contributed by atoms with Crippen LogP contribution in [0.2, 0.25) is 0 Å². The molecule has 0 bridgehead atoms. The highest BCUT2D eigenvalue weighted by Crippen LogP contribution is 2.18. The molecule has 4 rings (SSSR count). The highest BCUT2D eigenvalue weighted by Gasteiger charge is 2.06. The number of amides is 1. The lowest BCUT2D eigenvalue weighted by Crippen LogP contribution is -2.11. The average Bonchev–Trinajstić information content (AvgIpc) is 3.10. The summed E-state index contributed by atoms with van der Waals surface area (Å²) in [6, 6.07) is 22.8. The lowest BCUT2D eigenvalue weighted by atomic mass is 10.1. The van der Waals surface area contributed by atoms with Crippen molar-refractivity contribution in [2.75, 3.05) is 5.32 Å². The van der Waals surface area contributed by atoms with Crippen LogP contribution >= 0.6 is 0 Å². The predicted molar refractivity (Wildman–Crippen MR) is 109 cm³/mol. The number of hydrogen-bond donors (Lipinski definition) is 1. The first-order valence-corrected chi connectivity index (χ1v) is 8.69. The van der Waals surface area contributed by atoms with E-state index in [0.717, 1.165) is 27.9 Å². The summed E-state index contributed by atoms with van der Waals surface area (Å²) in [5.74, 6) is 0.417. The number of oxazole rings is 1. The quantitative estimate of drug-likeness (QED) is 0.522. The first-order valence-electron chi connectivity index (χ1n) is 8.69. The van der Waals surface area contributed by atoms with Gasteiger partial charge in [-0.15, -0.1) is 0 Å². The molecule has 0 aliphatic rings. The van der Waals surface area contributed by atoms with Crippen LogP contribution in [-0.4, -0.2) is 10.9 Å². The van der Waals surface area contributed by atoms with E-state index in [-0.39, 0.29) is 5.91 Å². The Labute approximate surface area is 157 Å². The van der Waals surface area contributed by atoms with Gasteiger partial charge in [-0.1, -0.05) is 42.0 Å². The van der Waals surface area contributed by atoms with Crippen molar-refractivity contribution in [2.24, 2.45) is 0 Å². The molecule has 0 radical (unpaired) electrons. The van der Waals surface area contributed by atoms with Crippen molar-refractivity contribution in [3.05, 3.63) is 95.4 Å². The minimum atomic E-state index is -0.130. The smallest absolute Gasteiger partial charge is 0.255 e. The van der Waals surface area contributed by atoms with Gasteiger partial charge in [-0.05, 0) is 55.0 Å². The van der Waals surface area contributed by atoms with Crippen molar-refractivity contribution in [1.29, 1.82) is 0 Å². The van der Waals surface area contributed by atoms with Crippen LogP contribution in [0.15, 0.2) is 77.2 Å². The van der Waals surface area contributed by atoms with Gasteiger partial charge in [0.25, 0.3) is 5.91 Å². The van der Waals surface area contributed by atoms with Crippen LogP contribution in [0.3, 0.4) is 0 Å². The van der Waals surface area contributed by atoms with E-state index in [2.05, 4.69) is 10.3 Å². The maximum absolute atomic E-state index is 12.4. The number of carbonyl (C=O) groups excluding carboxylic acids is 1. The summed E-state index contributed by atoms with van der Waals surface area (Å²) in [5.41, 5.74) is 5.03. The van der Waals surface area contributed by atoms with Crippen LogP contribution < -0.4 is 5.32 Å². The van der Waals surface area contributed by atoms with Crippen molar-refractivity contribution in [2.45, 2.75) is 6.92 Å². The monoisotopic (exact) mass is 354 g/mol. The van der Waals surface area contributed by atoms with Gasteiger partial charge in [-0.2, -0.15) is 0 Å². The molecule has 0 saturated carbocycles. The second-order valence-corrected chi connectivity index (χ2v) is 6.30. The summed E-state index contributed by atoms with van der Waals surface area (Å²) in [6.45, 7) is 1.99. The highest BCUT2D eigenvalue weighted by atomic mass is 16.3. The maximum atomic E-state index is 12.4. The lowest BCUT2D eigenvalue weighted by molar-refractivity contribution is 0.102. The molecule has 132 valence electrons. The van der Waals surface area contributed by atoms with E-state index in [9.17, 15) is 4.79 Å². The van der Waals surface area contributed by atoms with Crippen LogP contribution in [0.1, 0.15) is 27.4 Å². The third-order valence-corrected chi connectivity index (χ3v) is 4.19. The largest absolute Gasteiger partial charge is 0.437 e. The number of aromatic nitrogens is 1. The molecule has 0 aliphatic heterocycles. The van der Waals surface area contributed by atoms with Gasteiger partial charge in [0, 0.05) is 17.3 Å². The first-order chi connectivity index (χ1) is 13.2. The molecule has 0 atom stereocenters. The molecule has 4 heteroatoms. The Morgan fingerprint density at radius 3 is 2.59 bits per heavy atom. The zero-order chi connectivity index (χ0) is 18.6. The molecular formula is C23H18N2O2. The van der Waals surface area contributed by atoms with E-state index in [1.165, 1.54) is 0 Å². The zero-order valence-electron chi connectivity index (χ0n) is 14.8. The molecule has 1 amide bonds. The van der Waals surface area contributed by atoms with Gasteiger partial charge in [0.2, 0.25) is 5.89 Å². The Balaban J connectivity index is 1.50. The van der Waals surface area contributed by atoms with Crippen molar-refractivity contribution < 1.29 is 9.21 Å². The Bertz CT molecular complexity index is 1090. The van der Waals surface area contributed by atoms with Crippen molar-refractivity contribution >= 4 is 34.8 Å². The van der Waals surface area contributed by atoms with Crippen LogP contribution in [0.4, 0.5) is 5.69 Å². The molecule has 0 spiro atoms. The molecule has 1 aromatic heterocycles. The number of nitrogens with zero attached hydrogens (tertiary/aromatic N) is 1. The van der Waals surface area contributed by atoms with Gasteiger partial charge in [0.05, 0.1) is 0 Å². The standard InChI is InChI=1S/C23H18N2O2/c1-16-9-12-18(13-10-16)23(26)24-19-6-4-5-17(15-19)11-14-22-25-20-7-2-3-8-21(20)27-22/h2-15H,1H3,(H,24,26)/b14-11+. The van der Waals surface area contributed by atoms with E-state index in [0.29, 0.717) is 11.5 Å². The minimum Gasteiger partial charge on any atom is -0.437 e. The fourth-order valence-corrected chi connectivity index (χ4v) is 2.76. The topological polar surface area (TPSA) is 55.1 Å². The third-order valence-electron chi connectivity index (χ3n) is 4.19. The molecule has 1 N–H and O–H groups in total. The Kier molecular flexibility index (Phi) is 4.54. The number of benzene rings is 3. The first kappa shape index (κ1) is 16.8. The number of anilines is 1. The molecule has 3 aromatic carbocycles. The summed E-state index contributed by atoms with van der Waals surface area (Å²) in [7, 11) is 0. The van der Waals surface area contributed by atoms with E-state index >= 15 is 0 Å². The molecule has 0 unspecified atom stereocenters. The van der Waals surface area contributed by atoms with Gasteiger partial charge in [0.1, 0.15) is 5.52 Å². The van der Waals surface area contributed by atoms with E-state index in [4.69, 9.17) is 4.42 Å². The second-order valence-electron chi connectivity index (χ2n) is 6.30. The van der Waals surface area contributed by atoms with Gasteiger partial charge in [-0.25, -0.2) is 4.98 Å². The number of hydrogen-bond acceptors (Lipinski definition) is 3. The molecule has 4 aromatic rings. The van der Waals surface area contributed by atoms with E-state index in [1.54, 1.807) is 0 Å². The fourth-order valence-electron chi connectivity index (χ4n) is 2.76. The van der Waals surface area contributed by atoms with Crippen molar-refractivity contribution in [3.8, 4) is 0 Å². The Morgan fingerprint density at radius 1 is 0.963 bits per heavy atom. The van der Waals surface area contributed by atoms with Crippen LogP contribution in [-0.2, 0) is 0 Å². The average molecular weight is 354 g/mol. The van der Waals surface area contributed by atoms with Crippen LogP contribution in [0.5, 0.6) is 0 Å². The number of para-hydroxylation sites is 2. The summed E-state index contributed by atoms with van der Waals surface area (Å²) in [4.78, 5) is 16.8. The molecule has 0 aliphatic carbocycles. The Hall–Kier alpha value is -3.66. The normalized spacial score (nSPS) is 11.1. The summed E-state index contributed by atoms with van der Waals surface area (Å²) in [6.07, 6.45) is 3.73.